The highest BCUT2D eigenvalue weighted by atomic mass is 32.1. The molecule has 0 unspecified atom stereocenters. The van der Waals surface area contributed by atoms with Crippen molar-refractivity contribution in [2.45, 2.75) is 6.04 Å². The molecule has 2 aromatic rings. The maximum absolute atomic E-state index is 13.7. The maximum atomic E-state index is 13.7. The van der Waals surface area contributed by atoms with Gasteiger partial charge in [-0.25, -0.2) is 4.39 Å². The summed E-state index contributed by atoms with van der Waals surface area (Å²) in [6, 6.07) is 14.4. The first-order valence-electron chi connectivity index (χ1n) is 7.61. The summed E-state index contributed by atoms with van der Waals surface area (Å²) >= 11 is 5.27. The van der Waals surface area contributed by atoms with Crippen molar-refractivity contribution >= 4 is 23.0 Å². The summed E-state index contributed by atoms with van der Waals surface area (Å²) in [5.74, 6) is 0.488. The molecule has 0 bridgehead atoms. The lowest BCUT2D eigenvalue weighted by molar-refractivity contribution is 0.288. The quantitative estimate of drug-likeness (QED) is 0.783. The SMILES string of the molecule is COc1ccccc1[C@@H](CNC(=S)Nc1ccccc1F)N(C)C. The van der Waals surface area contributed by atoms with Gasteiger partial charge in [-0.05, 0) is 44.5 Å². The molecule has 24 heavy (non-hydrogen) atoms. The van der Waals surface area contributed by atoms with Crippen molar-refractivity contribution in [3.05, 3.63) is 59.9 Å². The molecule has 6 heteroatoms. The van der Waals surface area contributed by atoms with Crippen molar-refractivity contribution in [3.8, 4) is 5.75 Å². The lowest BCUT2D eigenvalue weighted by Crippen LogP contribution is -2.37. The van der Waals surface area contributed by atoms with E-state index < -0.39 is 0 Å². The second kappa shape index (κ2) is 8.61. The van der Waals surface area contributed by atoms with Gasteiger partial charge in [0.25, 0.3) is 0 Å². The average Bonchev–Trinajstić information content (AvgIpc) is 2.57. The number of ether oxygens (including phenoxy) is 1. The number of hydrogen-bond acceptors (Lipinski definition) is 3. The standard InChI is InChI=1S/C18H22FN3OS/c1-22(2)16(13-8-4-7-11-17(13)23-3)12-20-18(24)21-15-10-6-5-9-14(15)19/h4-11,16H,12H2,1-3H3,(H2,20,21,24)/t16-/m1/s1. The molecule has 0 amide bonds. The first kappa shape index (κ1) is 18.2. The monoisotopic (exact) mass is 347 g/mol. The van der Waals surface area contributed by atoms with E-state index in [4.69, 9.17) is 17.0 Å². The zero-order valence-corrected chi connectivity index (χ0v) is 14.9. The van der Waals surface area contributed by atoms with E-state index >= 15 is 0 Å². The molecular weight excluding hydrogens is 325 g/mol. The van der Waals surface area contributed by atoms with Gasteiger partial charge in [0.1, 0.15) is 11.6 Å². The van der Waals surface area contributed by atoms with Crippen LogP contribution in [0.25, 0.3) is 0 Å². The Bertz CT molecular complexity index is 693. The fourth-order valence-electron chi connectivity index (χ4n) is 2.43. The molecule has 0 aliphatic heterocycles. The van der Waals surface area contributed by atoms with Gasteiger partial charge in [0.15, 0.2) is 5.11 Å². The molecule has 0 heterocycles. The molecule has 0 aliphatic carbocycles. The lowest BCUT2D eigenvalue weighted by Gasteiger charge is -2.27. The van der Waals surface area contributed by atoms with Crippen molar-refractivity contribution in [2.75, 3.05) is 33.1 Å². The van der Waals surface area contributed by atoms with Crippen molar-refractivity contribution in [1.82, 2.24) is 10.2 Å². The van der Waals surface area contributed by atoms with Gasteiger partial charge >= 0.3 is 0 Å². The Labute approximate surface area is 147 Å². The van der Waals surface area contributed by atoms with Crippen molar-refractivity contribution in [2.24, 2.45) is 0 Å². The number of rotatable bonds is 6. The van der Waals surface area contributed by atoms with Crippen LogP contribution in [0.5, 0.6) is 5.75 Å². The Balaban J connectivity index is 2.04. The third-order valence-electron chi connectivity index (χ3n) is 3.70. The number of nitrogens with one attached hydrogen (secondary N) is 2. The van der Waals surface area contributed by atoms with E-state index in [9.17, 15) is 4.39 Å². The molecule has 128 valence electrons. The number of thiocarbonyl (C=S) groups is 1. The van der Waals surface area contributed by atoms with Gasteiger partial charge in [-0.2, -0.15) is 0 Å². The smallest absolute Gasteiger partial charge is 0.170 e. The molecule has 1 atom stereocenters. The van der Waals surface area contributed by atoms with Crippen molar-refractivity contribution < 1.29 is 9.13 Å². The summed E-state index contributed by atoms with van der Waals surface area (Å²) in [7, 11) is 5.64. The van der Waals surface area contributed by atoms with Crippen LogP contribution in [0.15, 0.2) is 48.5 Å². The molecule has 0 saturated heterocycles. The number of para-hydroxylation sites is 2. The Kier molecular flexibility index (Phi) is 6.52. The van der Waals surface area contributed by atoms with Crippen LogP contribution in [0.3, 0.4) is 0 Å². The van der Waals surface area contributed by atoms with E-state index in [1.807, 2.05) is 38.4 Å². The fourth-order valence-corrected chi connectivity index (χ4v) is 2.62. The summed E-state index contributed by atoms with van der Waals surface area (Å²) in [6.07, 6.45) is 0. The molecule has 2 aromatic carbocycles. The summed E-state index contributed by atoms with van der Waals surface area (Å²) in [6.45, 7) is 0.563. The molecule has 0 aromatic heterocycles. The minimum Gasteiger partial charge on any atom is -0.496 e. The molecule has 0 saturated carbocycles. The molecule has 4 nitrogen and oxygen atoms in total. The van der Waals surface area contributed by atoms with Gasteiger partial charge in [-0.15, -0.1) is 0 Å². The summed E-state index contributed by atoms with van der Waals surface area (Å²) in [4.78, 5) is 2.08. The third-order valence-corrected chi connectivity index (χ3v) is 3.95. The number of likely N-dealkylation sites (N-methyl/N-ethyl adjacent to an activating group) is 1. The van der Waals surface area contributed by atoms with E-state index in [1.54, 1.807) is 25.3 Å². The van der Waals surface area contributed by atoms with Gasteiger partial charge in [0.2, 0.25) is 0 Å². The van der Waals surface area contributed by atoms with E-state index in [0.29, 0.717) is 17.3 Å². The second-order valence-electron chi connectivity index (χ2n) is 5.54. The Morgan fingerprint density at radius 2 is 1.83 bits per heavy atom. The minimum atomic E-state index is -0.337. The molecule has 0 fully saturated rings. The summed E-state index contributed by atoms with van der Waals surface area (Å²) < 4.78 is 19.1. The fraction of sp³-hybridized carbons (Fsp3) is 0.278. The number of anilines is 1. The van der Waals surface area contributed by atoms with Gasteiger partial charge in [0, 0.05) is 12.1 Å². The first-order chi connectivity index (χ1) is 11.5. The van der Waals surface area contributed by atoms with Gasteiger partial charge < -0.3 is 20.3 Å². The summed E-state index contributed by atoms with van der Waals surface area (Å²) in [5.41, 5.74) is 1.42. The highest BCUT2D eigenvalue weighted by molar-refractivity contribution is 7.80. The zero-order valence-electron chi connectivity index (χ0n) is 14.0. The number of methoxy groups -OCH3 is 1. The zero-order chi connectivity index (χ0) is 17.5. The van der Waals surface area contributed by atoms with Crippen LogP contribution in [0.4, 0.5) is 10.1 Å². The average molecular weight is 347 g/mol. The number of nitrogens with zero attached hydrogens (tertiary/aromatic N) is 1. The van der Waals surface area contributed by atoms with Crippen LogP contribution in [0.1, 0.15) is 11.6 Å². The second-order valence-corrected chi connectivity index (χ2v) is 5.94. The van der Waals surface area contributed by atoms with Gasteiger partial charge in [-0.3, -0.25) is 0 Å². The Morgan fingerprint density at radius 1 is 1.17 bits per heavy atom. The van der Waals surface area contributed by atoms with Gasteiger partial charge in [0.05, 0.1) is 18.8 Å². The predicted octanol–water partition coefficient (Wildman–Crippen LogP) is 3.42. The number of hydrogen-bond donors (Lipinski definition) is 2. The van der Waals surface area contributed by atoms with Crippen LogP contribution in [-0.2, 0) is 0 Å². The lowest BCUT2D eigenvalue weighted by atomic mass is 10.0. The maximum Gasteiger partial charge on any atom is 0.170 e. The number of benzene rings is 2. The minimum absolute atomic E-state index is 0.0570. The van der Waals surface area contributed by atoms with Crippen molar-refractivity contribution in [3.63, 3.8) is 0 Å². The van der Waals surface area contributed by atoms with E-state index in [2.05, 4.69) is 15.5 Å². The van der Waals surface area contributed by atoms with Gasteiger partial charge in [-0.1, -0.05) is 30.3 Å². The van der Waals surface area contributed by atoms with Crippen molar-refractivity contribution in [1.29, 1.82) is 0 Å². The van der Waals surface area contributed by atoms with Crippen LogP contribution in [0.2, 0.25) is 0 Å². The van der Waals surface area contributed by atoms with Crippen LogP contribution in [0, 0.1) is 5.82 Å². The highest BCUT2D eigenvalue weighted by Crippen LogP contribution is 2.27. The molecule has 0 radical (unpaired) electrons. The Hall–Kier alpha value is -2.18. The molecular formula is C18H22FN3OS. The summed E-state index contributed by atoms with van der Waals surface area (Å²) in [5, 5.41) is 6.40. The topological polar surface area (TPSA) is 36.5 Å². The van der Waals surface area contributed by atoms with Crippen LogP contribution in [-0.4, -0.2) is 37.8 Å². The van der Waals surface area contributed by atoms with Crippen LogP contribution >= 0.6 is 12.2 Å². The molecule has 2 rings (SSSR count). The Morgan fingerprint density at radius 3 is 2.50 bits per heavy atom. The predicted molar refractivity (Wildman–Crippen MR) is 100 cm³/mol. The molecule has 2 N–H and O–H groups in total. The van der Waals surface area contributed by atoms with E-state index in [-0.39, 0.29) is 11.9 Å². The third kappa shape index (κ3) is 4.66. The largest absolute Gasteiger partial charge is 0.496 e. The van der Waals surface area contributed by atoms with E-state index in [0.717, 1.165) is 11.3 Å². The first-order valence-corrected chi connectivity index (χ1v) is 8.02. The molecule has 0 aliphatic rings. The highest BCUT2D eigenvalue weighted by Gasteiger charge is 2.18. The van der Waals surface area contributed by atoms with E-state index in [1.165, 1.54) is 6.07 Å². The normalized spacial score (nSPS) is 11.9. The number of halogens is 1. The van der Waals surface area contributed by atoms with Crippen LogP contribution < -0.4 is 15.4 Å². The molecule has 0 spiro atoms.